The maximum Gasteiger partial charge on any atom is 0.275 e. The number of nitrogens with zero attached hydrogens (tertiary/aromatic N) is 4. The molecule has 1 amide bonds. The van der Waals surface area contributed by atoms with Gasteiger partial charge >= 0.3 is 0 Å². The lowest BCUT2D eigenvalue weighted by Gasteiger charge is -2.20. The molecule has 202 valence electrons. The molecule has 6 rings (SSSR count). The molecule has 41 heavy (non-hydrogen) atoms. The monoisotopic (exact) mass is 641 g/mol. The van der Waals surface area contributed by atoms with Crippen LogP contribution in [0, 0.1) is 0 Å². The summed E-state index contributed by atoms with van der Waals surface area (Å²) in [5.74, 6) is -0.0347. The number of rotatable bonds is 6. The van der Waals surface area contributed by atoms with Gasteiger partial charge in [0.05, 0.1) is 17.8 Å². The zero-order valence-corrected chi connectivity index (χ0v) is 24.8. The Bertz CT molecular complexity index is 1890. The van der Waals surface area contributed by atoms with Gasteiger partial charge in [-0.3, -0.25) is 4.79 Å². The quantitative estimate of drug-likeness (QED) is 0.198. The molecule has 1 unspecified atom stereocenters. The number of aromatic nitrogens is 4. The Morgan fingerprint density at radius 1 is 0.902 bits per heavy atom. The summed E-state index contributed by atoms with van der Waals surface area (Å²) >= 11 is 16.0. The van der Waals surface area contributed by atoms with Crippen molar-refractivity contribution in [2.45, 2.75) is 5.92 Å². The van der Waals surface area contributed by atoms with Crippen LogP contribution in [-0.2, 0) is 7.05 Å². The number of hydrogen-bond donors (Lipinski definition) is 1. The third-order valence-electron chi connectivity index (χ3n) is 6.86. The molecule has 0 radical (unpaired) electrons. The molecular weight excluding hydrogens is 621 g/mol. The van der Waals surface area contributed by atoms with Crippen molar-refractivity contribution in [3.63, 3.8) is 0 Å². The van der Waals surface area contributed by atoms with Gasteiger partial charge in [-0.05, 0) is 92.8 Å². The molecule has 6 nitrogen and oxygen atoms in total. The van der Waals surface area contributed by atoms with E-state index in [0.29, 0.717) is 21.4 Å². The van der Waals surface area contributed by atoms with Gasteiger partial charge in [0.15, 0.2) is 0 Å². The first-order chi connectivity index (χ1) is 19.9. The summed E-state index contributed by atoms with van der Waals surface area (Å²) in [6.07, 6.45) is 5.30. The van der Waals surface area contributed by atoms with E-state index in [-0.39, 0.29) is 17.5 Å². The van der Waals surface area contributed by atoms with Crippen LogP contribution in [0.1, 0.15) is 33.2 Å². The van der Waals surface area contributed by atoms with E-state index < -0.39 is 0 Å². The first-order valence-electron chi connectivity index (χ1n) is 12.7. The Morgan fingerprint density at radius 2 is 1.71 bits per heavy atom. The molecule has 0 fully saturated rings. The third kappa shape index (κ3) is 5.75. The Hall–Kier alpha value is -4.04. The second-order valence-corrected chi connectivity index (χ2v) is 11.4. The molecule has 1 atom stereocenters. The van der Waals surface area contributed by atoms with Crippen LogP contribution in [0.2, 0.25) is 10.0 Å². The van der Waals surface area contributed by atoms with Gasteiger partial charge in [-0.2, -0.15) is 0 Å². The van der Waals surface area contributed by atoms with Crippen molar-refractivity contribution >= 4 is 61.8 Å². The number of pyridine rings is 2. The van der Waals surface area contributed by atoms with Crippen LogP contribution in [0.4, 0.5) is 5.82 Å². The fourth-order valence-electron chi connectivity index (χ4n) is 4.90. The van der Waals surface area contributed by atoms with Crippen molar-refractivity contribution in [3.8, 4) is 11.1 Å². The molecule has 3 aromatic carbocycles. The number of benzene rings is 3. The first kappa shape index (κ1) is 27.1. The number of carbonyl (C=O) groups excluding carboxylic acids is 1. The molecule has 0 aliphatic carbocycles. The van der Waals surface area contributed by atoms with Crippen molar-refractivity contribution in [3.05, 3.63) is 141 Å². The zero-order chi connectivity index (χ0) is 28.5. The lowest BCUT2D eigenvalue weighted by atomic mass is 9.87. The number of amides is 1. The minimum Gasteiger partial charge on any atom is -0.337 e. The number of fused-ring (bicyclic) bond motifs is 1. The van der Waals surface area contributed by atoms with Crippen molar-refractivity contribution in [2.24, 2.45) is 7.05 Å². The zero-order valence-electron chi connectivity index (χ0n) is 21.7. The highest BCUT2D eigenvalue weighted by Gasteiger charge is 2.22. The van der Waals surface area contributed by atoms with Crippen LogP contribution in [-0.4, -0.2) is 25.4 Å². The SMILES string of the molecule is Cn1cncc1C(c1ccc(Cl)cc1)c1ccc2nc(C(=O)Nc3ccc(Br)cn3)cc(-c3cccc(Cl)c3)c2c1. The number of carbonyl (C=O) groups is 1. The number of halogens is 3. The standard InChI is InChI=1S/C32H22BrCl2N5O/c1-40-18-36-17-29(40)31(19-5-9-23(34)10-6-19)21-7-11-27-26(14-21)25(20-3-2-4-24(35)13-20)15-28(38-27)32(41)39-30-12-8-22(33)16-37-30/h2-18,31H,1H3,(H,37,39,41). The van der Waals surface area contributed by atoms with E-state index in [2.05, 4.69) is 37.3 Å². The van der Waals surface area contributed by atoms with Gasteiger partial charge < -0.3 is 9.88 Å². The minimum atomic E-state index is -0.358. The fourth-order valence-corrected chi connectivity index (χ4v) is 5.45. The lowest BCUT2D eigenvalue weighted by molar-refractivity contribution is 0.102. The summed E-state index contributed by atoms with van der Waals surface area (Å²) in [6.45, 7) is 0. The molecule has 0 saturated heterocycles. The largest absolute Gasteiger partial charge is 0.337 e. The number of imidazole rings is 1. The number of aryl methyl sites for hydroxylation is 1. The van der Waals surface area contributed by atoms with Crippen LogP contribution in [0.15, 0.2) is 108 Å². The molecule has 0 spiro atoms. The highest BCUT2D eigenvalue weighted by atomic mass is 79.9. The number of anilines is 1. The summed E-state index contributed by atoms with van der Waals surface area (Å²) in [4.78, 5) is 26.7. The van der Waals surface area contributed by atoms with Gasteiger partial charge in [0.25, 0.3) is 5.91 Å². The van der Waals surface area contributed by atoms with Crippen LogP contribution >= 0.6 is 39.1 Å². The van der Waals surface area contributed by atoms with E-state index in [1.54, 1.807) is 24.7 Å². The first-order valence-corrected chi connectivity index (χ1v) is 14.3. The molecule has 0 aliphatic rings. The van der Waals surface area contributed by atoms with Gasteiger partial charge in [-0.15, -0.1) is 0 Å². The molecule has 0 aliphatic heterocycles. The van der Waals surface area contributed by atoms with Gasteiger partial charge in [-0.25, -0.2) is 15.0 Å². The van der Waals surface area contributed by atoms with Gasteiger partial charge in [0.2, 0.25) is 0 Å². The topological polar surface area (TPSA) is 72.7 Å². The van der Waals surface area contributed by atoms with Crippen molar-refractivity contribution < 1.29 is 4.79 Å². The Kier molecular flexibility index (Phi) is 7.58. The molecule has 1 N–H and O–H groups in total. The fraction of sp³-hybridized carbons (Fsp3) is 0.0625. The summed E-state index contributed by atoms with van der Waals surface area (Å²) in [5, 5.41) is 5.01. The molecule has 9 heteroatoms. The van der Waals surface area contributed by atoms with Crippen molar-refractivity contribution in [1.82, 2.24) is 19.5 Å². The number of nitrogens with one attached hydrogen (secondary N) is 1. The maximum absolute atomic E-state index is 13.3. The Morgan fingerprint density at radius 3 is 2.41 bits per heavy atom. The molecule has 3 aromatic heterocycles. The third-order valence-corrected chi connectivity index (χ3v) is 7.81. The Balaban J connectivity index is 1.51. The normalized spacial score (nSPS) is 11.9. The van der Waals surface area contributed by atoms with E-state index in [1.807, 2.05) is 84.5 Å². The Labute approximate surface area is 255 Å². The van der Waals surface area contributed by atoms with Crippen LogP contribution < -0.4 is 5.32 Å². The van der Waals surface area contributed by atoms with Gasteiger partial charge in [0, 0.05) is 45.0 Å². The highest BCUT2D eigenvalue weighted by Crippen LogP contribution is 2.37. The molecular formula is C32H22BrCl2N5O. The van der Waals surface area contributed by atoms with Crippen LogP contribution in [0.25, 0.3) is 22.0 Å². The smallest absolute Gasteiger partial charge is 0.275 e. The van der Waals surface area contributed by atoms with E-state index in [1.165, 1.54) is 0 Å². The average Bonchev–Trinajstić information content (AvgIpc) is 3.40. The molecule has 6 aromatic rings. The van der Waals surface area contributed by atoms with Crippen molar-refractivity contribution in [2.75, 3.05) is 5.32 Å². The van der Waals surface area contributed by atoms with E-state index in [9.17, 15) is 4.79 Å². The predicted molar refractivity (Wildman–Crippen MR) is 168 cm³/mol. The molecule has 3 heterocycles. The minimum absolute atomic E-state index is 0.108. The highest BCUT2D eigenvalue weighted by molar-refractivity contribution is 9.10. The predicted octanol–water partition coefficient (Wildman–Crippen LogP) is 8.53. The number of hydrogen-bond acceptors (Lipinski definition) is 4. The summed E-state index contributed by atoms with van der Waals surface area (Å²) in [7, 11) is 1.98. The second-order valence-electron chi connectivity index (χ2n) is 9.57. The van der Waals surface area contributed by atoms with E-state index in [0.717, 1.165) is 37.8 Å². The van der Waals surface area contributed by atoms with Crippen molar-refractivity contribution in [1.29, 1.82) is 0 Å². The second kappa shape index (κ2) is 11.4. The lowest BCUT2D eigenvalue weighted by Crippen LogP contribution is -2.15. The van der Waals surface area contributed by atoms with Crippen LogP contribution in [0.5, 0.6) is 0 Å². The van der Waals surface area contributed by atoms with Gasteiger partial charge in [-0.1, -0.05) is 53.5 Å². The van der Waals surface area contributed by atoms with E-state index in [4.69, 9.17) is 28.2 Å². The molecule has 0 saturated carbocycles. The van der Waals surface area contributed by atoms with E-state index >= 15 is 0 Å². The summed E-state index contributed by atoms with van der Waals surface area (Å²) in [6, 6.07) is 26.9. The summed E-state index contributed by atoms with van der Waals surface area (Å²) < 4.78 is 2.84. The average molecular weight is 643 g/mol. The van der Waals surface area contributed by atoms with Crippen LogP contribution in [0.3, 0.4) is 0 Å². The maximum atomic E-state index is 13.3. The van der Waals surface area contributed by atoms with Gasteiger partial charge in [0.1, 0.15) is 11.5 Å². The summed E-state index contributed by atoms with van der Waals surface area (Å²) in [5.41, 5.74) is 5.82. The molecule has 0 bridgehead atoms.